The summed E-state index contributed by atoms with van der Waals surface area (Å²) in [6.07, 6.45) is 9.28. The van der Waals surface area contributed by atoms with Crippen LogP contribution in [0.15, 0.2) is 58.8 Å². The van der Waals surface area contributed by atoms with Crippen molar-refractivity contribution in [2.75, 3.05) is 19.8 Å². The van der Waals surface area contributed by atoms with Crippen LogP contribution in [0, 0.1) is 0 Å². The molecule has 2 aromatic carbocycles. The van der Waals surface area contributed by atoms with Gasteiger partial charge >= 0.3 is 5.97 Å². The lowest BCUT2D eigenvalue weighted by Gasteiger charge is -2.06. The molecule has 0 aliphatic rings. The Morgan fingerprint density at radius 2 is 1.29 bits per heavy atom. The number of carbonyl (C=O) groups is 1. The number of aliphatic hydroxyl groups excluding tert-OH is 1. The second-order valence-corrected chi connectivity index (χ2v) is 7.36. The van der Waals surface area contributed by atoms with Crippen molar-refractivity contribution in [3.8, 4) is 5.75 Å². The van der Waals surface area contributed by atoms with E-state index in [0.717, 1.165) is 37.3 Å². The zero-order valence-corrected chi connectivity index (χ0v) is 18.5. The average molecular weight is 427 g/mol. The second kappa shape index (κ2) is 15.1. The molecular weight excluding hydrogens is 392 g/mol. The summed E-state index contributed by atoms with van der Waals surface area (Å²) in [5, 5.41) is 17.2. The first kappa shape index (κ1) is 24.5. The first-order chi connectivity index (χ1) is 15.2. The highest BCUT2D eigenvalue weighted by atomic mass is 16.5. The number of nitrogens with zero attached hydrogens (tertiary/aromatic N) is 2. The van der Waals surface area contributed by atoms with Crippen LogP contribution in [0.5, 0.6) is 5.75 Å². The Balaban J connectivity index is 1.64. The van der Waals surface area contributed by atoms with Crippen molar-refractivity contribution in [2.24, 2.45) is 10.2 Å². The third-order valence-corrected chi connectivity index (χ3v) is 4.82. The first-order valence-electron chi connectivity index (χ1n) is 11.3. The predicted molar refractivity (Wildman–Crippen MR) is 123 cm³/mol. The molecule has 0 saturated heterocycles. The number of hydrogen-bond acceptors (Lipinski definition) is 6. The van der Waals surface area contributed by atoms with Crippen LogP contribution in [0.25, 0.3) is 0 Å². The summed E-state index contributed by atoms with van der Waals surface area (Å²) in [7, 11) is 0. The number of rotatable bonds is 15. The number of azo groups is 1. The highest BCUT2D eigenvalue weighted by Crippen LogP contribution is 2.22. The predicted octanol–water partition coefficient (Wildman–Crippen LogP) is 6.77. The largest absolute Gasteiger partial charge is 0.494 e. The van der Waals surface area contributed by atoms with Gasteiger partial charge in [-0.25, -0.2) is 4.79 Å². The highest BCUT2D eigenvalue weighted by molar-refractivity contribution is 5.89. The molecule has 0 fully saturated rings. The Bertz CT molecular complexity index is 773. The van der Waals surface area contributed by atoms with Gasteiger partial charge in [-0.05, 0) is 68.3 Å². The van der Waals surface area contributed by atoms with Crippen molar-refractivity contribution in [3.05, 3.63) is 54.1 Å². The summed E-state index contributed by atoms with van der Waals surface area (Å²) in [5.41, 5.74) is 1.91. The summed E-state index contributed by atoms with van der Waals surface area (Å²) in [6.45, 7) is 3.17. The van der Waals surface area contributed by atoms with Gasteiger partial charge in [0, 0.05) is 6.61 Å². The molecule has 0 unspecified atom stereocenters. The van der Waals surface area contributed by atoms with Gasteiger partial charge in [-0.2, -0.15) is 10.2 Å². The summed E-state index contributed by atoms with van der Waals surface area (Å²) >= 11 is 0. The maximum atomic E-state index is 11.7. The zero-order chi connectivity index (χ0) is 22.2. The molecule has 0 saturated carbocycles. The fourth-order valence-electron chi connectivity index (χ4n) is 3.07. The van der Waals surface area contributed by atoms with Crippen LogP contribution in [-0.2, 0) is 4.74 Å². The number of benzene rings is 2. The molecule has 0 atom stereocenters. The van der Waals surface area contributed by atoms with E-state index < -0.39 is 0 Å². The van der Waals surface area contributed by atoms with Crippen molar-refractivity contribution in [1.29, 1.82) is 0 Å². The molecule has 0 bridgehead atoms. The molecule has 0 aromatic heterocycles. The molecule has 0 aliphatic heterocycles. The van der Waals surface area contributed by atoms with Gasteiger partial charge in [-0.15, -0.1) is 0 Å². The van der Waals surface area contributed by atoms with Gasteiger partial charge < -0.3 is 14.6 Å². The lowest BCUT2D eigenvalue weighted by molar-refractivity contribution is 0.0526. The molecule has 0 amide bonds. The van der Waals surface area contributed by atoms with Crippen LogP contribution in [0.2, 0.25) is 0 Å². The number of hydrogen-bond donors (Lipinski definition) is 1. The van der Waals surface area contributed by atoms with E-state index >= 15 is 0 Å². The van der Waals surface area contributed by atoms with Crippen LogP contribution in [0.4, 0.5) is 11.4 Å². The number of aliphatic hydroxyl groups is 1. The quantitative estimate of drug-likeness (QED) is 0.193. The molecule has 1 N–H and O–H groups in total. The lowest BCUT2D eigenvalue weighted by atomic mass is 10.1. The minimum absolute atomic E-state index is 0.313. The molecule has 0 aliphatic carbocycles. The van der Waals surface area contributed by atoms with E-state index in [9.17, 15) is 4.79 Å². The first-order valence-corrected chi connectivity index (χ1v) is 11.3. The van der Waals surface area contributed by atoms with Crippen LogP contribution in [0.3, 0.4) is 0 Å². The molecular formula is C25H34N2O4. The average Bonchev–Trinajstić information content (AvgIpc) is 2.80. The Morgan fingerprint density at radius 3 is 1.84 bits per heavy atom. The number of ether oxygens (including phenoxy) is 2. The van der Waals surface area contributed by atoms with Crippen molar-refractivity contribution >= 4 is 17.3 Å². The zero-order valence-electron chi connectivity index (χ0n) is 18.5. The van der Waals surface area contributed by atoms with Gasteiger partial charge in [-0.3, -0.25) is 0 Å². The van der Waals surface area contributed by atoms with E-state index in [4.69, 9.17) is 14.6 Å². The Hall–Kier alpha value is -2.73. The van der Waals surface area contributed by atoms with Crippen molar-refractivity contribution in [3.63, 3.8) is 0 Å². The van der Waals surface area contributed by atoms with Gasteiger partial charge in [0.2, 0.25) is 0 Å². The fourth-order valence-corrected chi connectivity index (χ4v) is 3.07. The van der Waals surface area contributed by atoms with Crippen LogP contribution in [-0.4, -0.2) is 30.9 Å². The van der Waals surface area contributed by atoms with Crippen molar-refractivity contribution < 1.29 is 19.4 Å². The van der Waals surface area contributed by atoms with Crippen LogP contribution in [0.1, 0.15) is 68.6 Å². The molecule has 6 heteroatoms. The molecule has 2 rings (SSSR count). The standard InChI is InChI=1S/C25H34N2O4/c1-2-30-25(29)21-11-13-22(14-12-21)26-27-23-15-17-24(18-16-23)31-20-10-8-6-4-3-5-7-9-19-28/h11-18,28H,2-10,19-20H2,1H3. The number of carbonyl (C=O) groups excluding carboxylic acids is 1. The van der Waals surface area contributed by atoms with E-state index in [1.165, 1.54) is 32.1 Å². The summed E-state index contributed by atoms with van der Waals surface area (Å²) in [6, 6.07) is 14.4. The van der Waals surface area contributed by atoms with Gasteiger partial charge in [0.05, 0.1) is 30.2 Å². The Kier molecular flexibility index (Phi) is 12.0. The summed E-state index contributed by atoms with van der Waals surface area (Å²) in [5.74, 6) is 0.498. The smallest absolute Gasteiger partial charge is 0.338 e. The molecule has 2 aromatic rings. The van der Waals surface area contributed by atoms with E-state index in [1.54, 1.807) is 31.2 Å². The van der Waals surface area contributed by atoms with Gasteiger partial charge in [0.25, 0.3) is 0 Å². The lowest BCUT2D eigenvalue weighted by Crippen LogP contribution is -2.03. The molecule has 0 radical (unpaired) electrons. The van der Waals surface area contributed by atoms with E-state index in [1.807, 2.05) is 24.3 Å². The fraction of sp³-hybridized carbons (Fsp3) is 0.480. The Labute approximate surface area is 185 Å². The molecule has 31 heavy (non-hydrogen) atoms. The van der Waals surface area contributed by atoms with E-state index in [-0.39, 0.29) is 5.97 Å². The van der Waals surface area contributed by atoms with E-state index in [2.05, 4.69) is 10.2 Å². The summed E-state index contributed by atoms with van der Waals surface area (Å²) in [4.78, 5) is 11.7. The van der Waals surface area contributed by atoms with Crippen molar-refractivity contribution in [1.82, 2.24) is 0 Å². The van der Waals surface area contributed by atoms with Gasteiger partial charge in [-0.1, -0.05) is 38.5 Å². The normalized spacial score (nSPS) is 11.0. The van der Waals surface area contributed by atoms with Gasteiger partial charge in [0.15, 0.2) is 0 Å². The minimum Gasteiger partial charge on any atom is -0.494 e. The topological polar surface area (TPSA) is 80.5 Å². The maximum absolute atomic E-state index is 11.7. The third-order valence-electron chi connectivity index (χ3n) is 4.82. The summed E-state index contributed by atoms with van der Waals surface area (Å²) < 4.78 is 10.8. The maximum Gasteiger partial charge on any atom is 0.338 e. The van der Waals surface area contributed by atoms with Crippen LogP contribution >= 0.6 is 0 Å². The highest BCUT2D eigenvalue weighted by Gasteiger charge is 2.05. The third kappa shape index (κ3) is 10.2. The molecule has 6 nitrogen and oxygen atoms in total. The molecule has 0 spiro atoms. The van der Waals surface area contributed by atoms with Crippen LogP contribution < -0.4 is 4.74 Å². The number of esters is 1. The minimum atomic E-state index is -0.337. The van der Waals surface area contributed by atoms with Gasteiger partial charge in [0.1, 0.15) is 5.75 Å². The monoisotopic (exact) mass is 426 g/mol. The SMILES string of the molecule is CCOC(=O)c1ccc(N=Nc2ccc(OCCCCCCCCCCO)cc2)cc1. The number of unbranched alkanes of at least 4 members (excludes halogenated alkanes) is 7. The second-order valence-electron chi connectivity index (χ2n) is 7.36. The molecule has 0 heterocycles. The Morgan fingerprint density at radius 1 is 0.774 bits per heavy atom. The van der Waals surface area contributed by atoms with E-state index in [0.29, 0.717) is 24.5 Å². The van der Waals surface area contributed by atoms with Crippen molar-refractivity contribution in [2.45, 2.75) is 58.3 Å². The molecule has 168 valence electrons.